The van der Waals surface area contributed by atoms with Gasteiger partial charge in [-0.3, -0.25) is 4.79 Å². The highest BCUT2D eigenvalue weighted by atomic mass is 16.7. The fraction of sp³-hybridized carbons (Fsp3) is 0.400. The van der Waals surface area contributed by atoms with Gasteiger partial charge in [0.15, 0.2) is 11.4 Å². The van der Waals surface area contributed by atoms with E-state index in [2.05, 4.69) is 6.92 Å². The predicted molar refractivity (Wildman–Crippen MR) is 124 cm³/mol. The van der Waals surface area contributed by atoms with Gasteiger partial charge >= 0.3 is 5.97 Å². The zero-order valence-corrected chi connectivity index (χ0v) is 19.1. The van der Waals surface area contributed by atoms with Gasteiger partial charge in [0.1, 0.15) is 12.4 Å². The first-order chi connectivity index (χ1) is 16.4. The summed E-state index contributed by atoms with van der Waals surface area (Å²) in [5.41, 5.74) is 8.91. The molecule has 3 aromatic rings. The molecule has 9 nitrogen and oxygen atoms in total. The maximum absolute atomic E-state index is 13.5. The number of hydrogen-bond donors (Lipinski definition) is 2. The second kappa shape index (κ2) is 7.20. The SMILES string of the molecule is CCCCc1cc(N)c2c3c(c4c(nc13)-c1cc3c(c(=O)n1C4)COC(=O)[C@]3(O)CC)OCO2. The van der Waals surface area contributed by atoms with Gasteiger partial charge in [0.25, 0.3) is 5.56 Å². The van der Waals surface area contributed by atoms with E-state index >= 15 is 0 Å². The van der Waals surface area contributed by atoms with Crippen molar-refractivity contribution in [1.29, 1.82) is 0 Å². The van der Waals surface area contributed by atoms with Gasteiger partial charge in [-0.25, -0.2) is 9.78 Å². The number of carbonyl (C=O) groups is 1. The number of nitrogens with zero attached hydrogens (tertiary/aromatic N) is 2. The molecule has 34 heavy (non-hydrogen) atoms. The third-order valence-electron chi connectivity index (χ3n) is 7.18. The van der Waals surface area contributed by atoms with Crippen LogP contribution in [0.1, 0.15) is 55.4 Å². The lowest BCUT2D eigenvalue weighted by Gasteiger charge is -2.31. The third-order valence-corrected chi connectivity index (χ3v) is 7.18. The van der Waals surface area contributed by atoms with Crippen molar-refractivity contribution in [3.63, 3.8) is 0 Å². The Balaban J connectivity index is 1.66. The van der Waals surface area contributed by atoms with Crippen LogP contribution in [0.5, 0.6) is 11.5 Å². The summed E-state index contributed by atoms with van der Waals surface area (Å²) in [5.74, 6) is 0.424. The van der Waals surface area contributed by atoms with Crippen molar-refractivity contribution in [1.82, 2.24) is 9.55 Å². The Morgan fingerprint density at radius 3 is 2.71 bits per heavy atom. The number of carbonyl (C=O) groups excluding carboxylic acids is 1. The molecule has 1 atom stereocenters. The van der Waals surface area contributed by atoms with Crippen LogP contribution in [0, 0.1) is 0 Å². The molecule has 0 fully saturated rings. The lowest BCUT2D eigenvalue weighted by atomic mass is 9.86. The van der Waals surface area contributed by atoms with Crippen LogP contribution in [0.15, 0.2) is 16.9 Å². The van der Waals surface area contributed by atoms with Gasteiger partial charge in [0.05, 0.1) is 40.1 Å². The fourth-order valence-electron chi connectivity index (χ4n) is 5.30. The summed E-state index contributed by atoms with van der Waals surface area (Å²) in [7, 11) is 0. The van der Waals surface area contributed by atoms with Crippen LogP contribution in [-0.2, 0) is 34.7 Å². The highest BCUT2D eigenvalue weighted by Crippen LogP contribution is 2.49. The smallest absolute Gasteiger partial charge is 0.343 e. The summed E-state index contributed by atoms with van der Waals surface area (Å²) in [4.78, 5) is 30.9. The largest absolute Gasteiger partial charge is 0.458 e. The number of aromatic nitrogens is 2. The van der Waals surface area contributed by atoms with Gasteiger partial charge in [-0.2, -0.15) is 0 Å². The first-order valence-electron chi connectivity index (χ1n) is 11.6. The number of aryl methyl sites for hydroxylation is 1. The second-order valence-electron chi connectivity index (χ2n) is 9.06. The molecule has 9 heteroatoms. The Kier molecular flexibility index (Phi) is 4.44. The average molecular weight is 463 g/mol. The molecule has 0 saturated carbocycles. The van der Waals surface area contributed by atoms with Crippen LogP contribution in [0.4, 0.5) is 5.69 Å². The van der Waals surface area contributed by atoms with E-state index in [9.17, 15) is 14.7 Å². The number of nitrogens with two attached hydrogens (primary N) is 1. The summed E-state index contributed by atoms with van der Waals surface area (Å²) >= 11 is 0. The van der Waals surface area contributed by atoms with Crippen molar-refractivity contribution in [3.8, 4) is 22.9 Å². The minimum Gasteiger partial charge on any atom is -0.458 e. The van der Waals surface area contributed by atoms with E-state index in [1.807, 2.05) is 6.07 Å². The highest BCUT2D eigenvalue weighted by molar-refractivity contribution is 6.01. The minimum absolute atomic E-state index is 0.0106. The normalized spacial score (nSPS) is 19.7. The number of hydrogen-bond acceptors (Lipinski definition) is 8. The molecular formula is C25H25N3O6. The summed E-state index contributed by atoms with van der Waals surface area (Å²) in [6, 6.07) is 3.61. The summed E-state index contributed by atoms with van der Waals surface area (Å²) < 4.78 is 18.5. The van der Waals surface area contributed by atoms with Gasteiger partial charge in [-0.15, -0.1) is 0 Å². The quantitative estimate of drug-likeness (QED) is 0.350. The van der Waals surface area contributed by atoms with E-state index in [-0.39, 0.29) is 37.5 Å². The van der Waals surface area contributed by atoms with E-state index in [4.69, 9.17) is 24.9 Å². The van der Waals surface area contributed by atoms with Crippen LogP contribution < -0.4 is 20.8 Å². The molecule has 5 heterocycles. The molecular weight excluding hydrogens is 438 g/mol. The van der Waals surface area contributed by atoms with Gasteiger partial charge in [0.2, 0.25) is 6.79 Å². The van der Waals surface area contributed by atoms with Crippen LogP contribution in [0.3, 0.4) is 0 Å². The lowest BCUT2D eigenvalue weighted by molar-refractivity contribution is -0.172. The number of anilines is 1. The summed E-state index contributed by atoms with van der Waals surface area (Å²) in [6.07, 6.45) is 2.87. The highest BCUT2D eigenvalue weighted by Gasteiger charge is 2.45. The van der Waals surface area contributed by atoms with Gasteiger partial charge in [0, 0.05) is 11.1 Å². The molecule has 2 aromatic heterocycles. The maximum Gasteiger partial charge on any atom is 0.343 e. The van der Waals surface area contributed by atoms with Gasteiger partial charge in [-0.05, 0) is 37.0 Å². The molecule has 3 aliphatic rings. The Hall–Kier alpha value is -3.59. The van der Waals surface area contributed by atoms with Crippen LogP contribution in [-0.4, -0.2) is 27.4 Å². The molecule has 3 aliphatic heterocycles. The second-order valence-corrected chi connectivity index (χ2v) is 9.06. The number of unbranched alkanes of at least 4 members (excludes halogenated alkanes) is 1. The zero-order valence-electron chi connectivity index (χ0n) is 19.1. The van der Waals surface area contributed by atoms with Crippen molar-refractivity contribution in [2.45, 2.75) is 58.3 Å². The Bertz CT molecular complexity index is 1460. The molecule has 0 amide bonds. The van der Waals surface area contributed by atoms with E-state index in [1.54, 1.807) is 17.6 Å². The topological polar surface area (TPSA) is 126 Å². The molecule has 1 aromatic carbocycles. The van der Waals surface area contributed by atoms with Crippen molar-refractivity contribution < 1.29 is 24.1 Å². The first-order valence-corrected chi connectivity index (χ1v) is 11.6. The molecule has 0 radical (unpaired) electrons. The maximum atomic E-state index is 13.5. The number of ether oxygens (including phenoxy) is 3. The number of cyclic esters (lactones) is 1. The number of esters is 1. The summed E-state index contributed by atoms with van der Waals surface area (Å²) in [5, 5.41) is 11.8. The molecule has 0 spiro atoms. The molecule has 6 rings (SSSR count). The fourth-order valence-corrected chi connectivity index (χ4v) is 5.30. The number of aliphatic hydroxyl groups is 1. The van der Waals surface area contributed by atoms with Crippen molar-refractivity contribution >= 4 is 22.6 Å². The zero-order chi connectivity index (χ0) is 23.8. The Labute approximate surface area is 195 Å². The third kappa shape index (κ3) is 2.61. The lowest BCUT2D eigenvalue weighted by Crippen LogP contribution is -2.44. The Morgan fingerprint density at radius 2 is 1.94 bits per heavy atom. The molecule has 0 unspecified atom stereocenters. The monoisotopic (exact) mass is 463 g/mol. The number of rotatable bonds is 4. The van der Waals surface area contributed by atoms with Crippen molar-refractivity contribution in [2.24, 2.45) is 0 Å². The molecule has 0 aliphatic carbocycles. The Morgan fingerprint density at radius 1 is 1.15 bits per heavy atom. The van der Waals surface area contributed by atoms with E-state index in [0.717, 1.165) is 41.3 Å². The molecule has 176 valence electrons. The minimum atomic E-state index is -1.87. The number of benzene rings is 1. The number of nitrogen functional groups attached to an aromatic ring is 1. The van der Waals surface area contributed by atoms with Crippen LogP contribution >= 0.6 is 0 Å². The van der Waals surface area contributed by atoms with Crippen LogP contribution in [0.2, 0.25) is 0 Å². The van der Waals surface area contributed by atoms with Crippen LogP contribution in [0.25, 0.3) is 22.3 Å². The number of fused-ring (bicyclic) bond motifs is 5. The van der Waals surface area contributed by atoms with Gasteiger partial charge < -0.3 is 29.6 Å². The predicted octanol–water partition coefficient (Wildman–Crippen LogP) is 2.73. The van der Waals surface area contributed by atoms with E-state index in [1.165, 1.54) is 0 Å². The van der Waals surface area contributed by atoms with E-state index < -0.39 is 11.6 Å². The standard InChI is InChI=1S/C25H25N3O6/c1-3-5-6-12-7-16(26)22-18-19(12)27-20-13(21(18)33-11-34-22)9-28-17(20)8-15-14(23(28)29)10-32-24(30)25(15,31)4-2/h7-8,31H,3-6,9-11,26H2,1-2H3/t25-/m0/s1. The van der Waals surface area contributed by atoms with Crippen molar-refractivity contribution in [3.05, 3.63) is 44.7 Å². The first kappa shape index (κ1) is 21.0. The van der Waals surface area contributed by atoms with Gasteiger partial charge in [-0.1, -0.05) is 20.3 Å². The molecule has 0 bridgehead atoms. The molecule has 3 N–H and O–H groups in total. The molecule has 0 saturated heterocycles. The average Bonchev–Trinajstić information content (AvgIpc) is 3.22. The van der Waals surface area contributed by atoms with E-state index in [0.29, 0.717) is 34.1 Å². The summed E-state index contributed by atoms with van der Waals surface area (Å²) in [6.45, 7) is 3.91. The van der Waals surface area contributed by atoms with Crippen molar-refractivity contribution in [2.75, 3.05) is 12.5 Å². The number of pyridine rings is 2.